The maximum atomic E-state index is 12.8. The summed E-state index contributed by atoms with van der Waals surface area (Å²) in [5.41, 5.74) is 0. The molecule has 0 saturated carbocycles. The van der Waals surface area contributed by atoms with E-state index in [1.165, 1.54) is 10.6 Å². The lowest BCUT2D eigenvalue weighted by Crippen LogP contribution is -2.53. The van der Waals surface area contributed by atoms with Gasteiger partial charge in [0.05, 0.1) is 12.9 Å². The highest BCUT2D eigenvalue weighted by atomic mass is 32.2. The van der Waals surface area contributed by atoms with Crippen LogP contribution in [0, 0.1) is 5.92 Å². The number of carbonyl (C=O) groups is 1. The Hall–Kier alpha value is -0.660. The van der Waals surface area contributed by atoms with Gasteiger partial charge in [-0.25, -0.2) is 8.42 Å². The number of methoxy groups -OCH3 is 1. The first-order valence-corrected chi connectivity index (χ1v) is 9.36. The summed E-state index contributed by atoms with van der Waals surface area (Å²) >= 11 is 0. The molecule has 0 aromatic carbocycles. The van der Waals surface area contributed by atoms with Crippen molar-refractivity contribution in [1.82, 2.24) is 9.21 Å². The second-order valence-corrected chi connectivity index (χ2v) is 7.99. The molecular formula is C14H28N2O4S. The van der Waals surface area contributed by atoms with Crippen molar-refractivity contribution < 1.29 is 17.9 Å². The molecule has 21 heavy (non-hydrogen) atoms. The fourth-order valence-corrected chi connectivity index (χ4v) is 3.81. The number of carbonyl (C=O) groups excluding carboxylic acids is 1. The number of hydrogen-bond acceptors (Lipinski definition) is 4. The molecule has 0 aliphatic carbocycles. The van der Waals surface area contributed by atoms with Crippen molar-refractivity contribution in [2.75, 3.05) is 39.6 Å². The molecule has 1 heterocycles. The Balaban J connectivity index is 2.88. The number of rotatable bonds is 7. The van der Waals surface area contributed by atoms with Crippen molar-refractivity contribution in [2.24, 2.45) is 5.92 Å². The molecule has 1 saturated heterocycles. The fraction of sp³-hybridized carbons (Fsp3) is 0.929. The van der Waals surface area contributed by atoms with E-state index in [4.69, 9.17) is 4.74 Å². The summed E-state index contributed by atoms with van der Waals surface area (Å²) in [4.78, 5) is 14.5. The second kappa shape index (κ2) is 8.10. The van der Waals surface area contributed by atoms with Crippen LogP contribution in [0.15, 0.2) is 0 Å². The molecule has 124 valence electrons. The van der Waals surface area contributed by atoms with Crippen molar-refractivity contribution >= 4 is 15.9 Å². The first-order chi connectivity index (χ1) is 9.77. The van der Waals surface area contributed by atoms with Gasteiger partial charge in [-0.3, -0.25) is 4.79 Å². The van der Waals surface area contributed by atoms with E-state index in [0.717, 1.165) is 12.8 Å². The normalized spacial score (nSPS) is 20.7. The average molecular weight is 320 g/mol. The Labute approximate surface area is 128 Å². The molecule has 7 heteroatoms. The first-order valence-electron chi connectivity index (χ1n) is 7.52. The largest absolute Gasteiger partial charge is 0.383 e. The predicted molar refractivity (Wildman–Crippen MR) is 82.5 cm³/mol. The summed E-state index contributed by atoms with van der Waals surface area (Å²) in [6, 6.07) is -0.552. The van der Waals surface area contributed by atoms with Crippen molar-refractivity contribution in [3.05, 3.63) is 0 Å². The van der Waals surface area contributed by atoms with Gasteiger partial charge >= 0.3 is 0 Å². The maximum absolute atomic E-state index is 12.8. The molecular weight excluding hydrogens is 292 g/mol. The first kappa shape index (κ1) is 18.4. The molecule has 6 nitrogen and oxygen atoms in total. The molecule has 1 aliphatic heterocycles. The van der Waals surface area contributed by atoms with Crippen molar-refractivity contribution in [3.8, 4) is 0 Å². The number of ether oxygens (including phenoxy) is 1. The van der Waals surface area contributed by atoms with Gasteiger partial charge in [-0.05, 0) is 18.8 Å². The lowest BCUT2D eigenvalue weighted by Gasteiger charge is -2.36. The summed E-state index contributed by atoms with van der Waals surface area (Å²) in [6.45, 7) is 6.11. The van der Waals surface area contributed by atoms with Gasteiger partial charge in [-0.2, -0.15) is 4.31 Å². The van der Waals surface area contributed by atoms with E-state index in [2.05, 4.69) is 0 Å². The van der Waals surface area contributed by atoms with Gasteiger partial charge in [-0.15, -0.1) is 0 Å². The molecule has 1 unspecified atom stereocenters. The number of sulfonamides is 1. The van der Waals surface area contributed by atoms with Gasteiger partial charge in [-0.1, -0.05) is 20.3 Å². The zero-order valence-electron chi connectivity index (χ0n) is 13.5. The van der Waals surface area contributed by atoms with Gasteiger partial charge in [0.2, 0.25) is 15.9 Å². The van der Waals surface area contributed by atoms with Gasteiger partial charge in [0.1, 0.15) is 6.04 Å². The Bertz CT molecular complexity index is 436. The van der Waals surface area contributed by atoms with Gasteiger partial charge < -0.3 is 9.64 Å². The molecule has 1 rings (SSSR count). The van der Waals surface area contributed by atoms with Crippen LogP contribution in [0.1, 0.15) is 33.1 Å². The summed E-state index contributed by atoms with van der Waals surface area (Å²) in [7, 11) is -1.75. The van der Waals surface area contributed by atoms with E-state index >= 15 is 0 Å². The SMILES string of the molecule is COCCN(CC(C)C)C(=O)C1CCCCN1S(C)(=O)=O. The molecule has 0 radical (unpaired) electrons. The van der Waals surface area contributed by atoms with Crippen LogP contribution in [0.25, 0.3) is 0 Å². The standard InChI is InChI=1S/C14H28N2O4S/c1-12(2)11-15(9-10-20-3)14(17)13-7-5-6-8-16(13)21(4,18)19/h12-13H,5-11H2,1-4H3. The predicted octanol–water partition coefficient (Wildman–Crippen LogP) is 0.932. The zero-order chi connectivity index (χ0) is 16.0. The molecule has 1 aliphatic rings. The smallest absolute Gasteiger partial charge is 0.241 e. The summed E-state index contributed by atoms with van der Waals surface area (Å²) in [6.07, 6.45) is 3.50. The second-order valence-electron chi connectivity index (χ2n) is 6.06. The van der Waals surface area contributed by atoms with Gasteiger partial charge in [0, 0.05) is 26.7 Å². The molecule has 0 N–H and O–H groups in total. The molecule has 0 bridgehead atoms. The third-order valence-corrected chi connectivity index (χ3v) is 4.92. The molecule has 1 fully saturated rings. The highest BCUT2D eigenvalue weighted by Gasteiger charge is 2.36. The van der Waals surface area contributed by atoms with Crippen LogP contribution in [0.4, 0.5) is 0 Å². The molecule has 1 amide bonds. The Morgan fingerprint density at radius 1 is 1.38 bits per heavy atom. The van der Waals surface area contributed by atoms with E-state index in [9.17, 15) is 13.2 Å². The fourth-order valence-electron chi connectivity index (χ4n) is 2.69. The van der Waals surface area contributed by atoms with Crippen molar-refractivity contribution in [2.45, 2.75) is 39.2 Å². The van der Waals surface area contributed by atoms with Gasteiger partial charge in [0.15, 0.2) is 0 Å². The van der Waals surface area contributed by atoms with Crippen LogP contribution in [0.5, 0.6) is 0 Å². The monoisotopic (exact) mass is 320 g/mol. The summed E-state index contributed by atoms with van der Waals surface area (Å²) in [5, 5.41) is 0. The third-order valence-electron chi connectivity index (χ3n) is 3.63. The van der Waals surface area contributed by atoms with Crippen LogP contribution < -0.4 is 0 Å². The van der Waals surface area contributed by atoms with Crippen LogP contribution in [-0.2, 0) is 19.6 Å². The van der Waals surface area contributed by atoms with E-state index < -0.39 is 16.1 Å². The van der Waals surface area contributed by atoms with E-state index in [-0.39, 0.29) is 5.91 Å². The number of nitrogens with zero attached hydrogens (tertiary/aromatic N) is 2. The molecule has 0 aromatic heterocycles. The van der Waals surface area contributed by atoms with E-state index in [1.807, 2.05) is 13.8 Å². The zero-order valence-corrected chi connectivity index (χ0v) is 14.4. The minimum absolute atomic E-state index is 0.0918. The number of piperidine rings is 1. The van der Waals surface area contributed by atoms with Crippen LogP contribution >= 0.6 is 0 Å². The molecule has 0 spiro atoms. The number of hydrogen-bond donors (Lipinski definition) is 0. The van der Waals surface area contributed by atoms with Crippen LogP contribution in [0.3, 0.4) is 0 Å². The highest BCUT2D eigenvalue weighted by molar-refractivity contribution is 7.88. The Kier molecular flexibility index (Phi) is 7.09. The van der Waals surface area contributed by atoms with Crippen LogP contribution in [0.2, 0.25) is 0 Å². The average Bonchev–Trinajstić information content (AvgIpc) is 2.41. The third kappa shape index (κ3) is 5.56. The van der Waals surface area contributed by atoms with E-state index in [0.29, 0.717) is 38.6 Å². The van der Waals surface area contributed by atoms with Crippen molar-refractivity contribution in [3.63, 3.8) is 0 Å². The molecule has 0 aromatic rings. The Morgan fingerprint density at radius 2 is 2.05 bits per heavy atom. The topological polar surface area (TPSA) is 66.9 Å². The Morgan fingerprint density at radius 3 is 2.57 bits per heavy atom. The number of amides is 1. The lowest BCUT2D eigenvalue weighted by atomic mass is 10.0. The van der Waals surface area contributed by atoms with Gasteiger partial charge in [0.25, 0.3) is 0 Å². The quantitative estimate of drug-likeness (QED) is 0.700. The minimum Gasteiger partial charge on any atom is -0.383 e. The molecule has 1 atom stereocenters. The summed E-state index contributed by atoms with van der Waals surface area (Å²) in [5.74, 6) is 0.243. The van der Waals surface area contributed by atoms with Crippen molar-refractivity contribution in [1.29, 1.82) is 0 Å². The van der Waals surface area contributed by atoms with Crippen LogP contribution in [-0.4, -0.2) is 69.2 Å². The van der Waals surface area contributed by atoms with E-state index in [1.54, 1.807) is 12.0 Å². The highest BCUT2D eigenvalue weighted by Crippen LogP contribution is 2.22. The lowest BCUT2D eigenvalue weighted by molar-refractivity contribution is -0.137. The maximum Gasteiger partial charge on any atom is 0.241 e. The minimum atomic E-state index is -3.35. The summed E-state index contributed by atoms with van der Waals surface area (Å²) < 4.78 is 30.2.